The largest absolute Gasteiger partial charge is 0.357 e. The van der Waals surface area contributed by atoms with Gasteiger partial charge in [0.2, 0.25) is 0 Å². The summed E-state index contributed by atoms with van der Waals surface area (Å²) in [6.07, 6.45) is 4.03. The fourth-order valence-corrected chi connectivity index (χ4v) is 4.21. The first-order valence-corrected chi connectivity index (χ1v) is 10.0. The van der Waals surface area contributed by atoms with Gasteiger partial charge in [-0.15, -0.1) is 11.3 Å². The zero-order chi connectivity index (χ0) is 16.8. The molecule has 0 radical (unpaired) electrons. The number of fused-ring (bicyclic) bond motifs is 3. The first-order valence-electron chi connectivity index (χ1n) is 9.20. The van der Waals surface area contributed by atoms with Crippen molar-refractivity contribution in [2.24, 2.45) is 4.99 Å². The molecule has 1 aromatic rings. The summed E-state index contributed by atoms with van der Waals surface area (Å²) < 4.78 is 0. The van der Waals surface area contributed by atoms with E-state index >= 15 is 0 Å². The summed E-state index contributed by atoms with van der Waals surface area (Å²) in [7, 11) is 0. The highest BCUT2D eigenvalue weighted by atomic mass is 32.1. The van der Waals surface area contributed by atoms with E-state index < -0.39 is 0 Å². The molecule has 1 aromatic heterocycles. The lowest BCUT2D eigenvalue weighted by atomic mass is 10.1. The van der Waals surface area contributed by atoms with Gasteiger partial charge in [0.05, 0.1) is 11.6 Å². The number of nitrogens with one attached hydrogen (secondary N) is 2. The maximum atomic E-state index is 4.82. The van der Waals surface area contributed by atoms with E-state index in [2.05, 4.69) is 39.3 Å². The van der Waals surface area contributed by atoms with Gasteiger partial charge in [-0.05, 0) is 13.3 Å². The maximum absolute atomic E-state index is 4.82. The molecule has 3 aliphatic heterocycles. The van der Waals surface area contributed by atoms with Gasteiger partial charge >= 0.3 is 0 Å². The summed E-state index contributed by atoms with van der Waals surface area (Å²) in [6.45, 7) is 13.0. The van der Waals surface area contributed by atoms with Gasteiger partial charge in [0.25, 0.3) is 0 Å². The Hall–Kier alpha value is -1.18. The van der Waals surface area contributed by atoms with E-state index in [4.69, 9.17) is 4.99 Å². The van der Waals surface area contributed by atoms with Crippen molar-refractivity contribution < 1.29 is 0 Å². The molecule has 3 saturated heterocycles. The minimum atomic E-state index is 0.578. The van der Waals surface area contributed by atoms with Crippen molar-refractivity contribution in [1.29, 1.82) is 0 Å². The van der Waals surface area contributed by atoms with Crippen molar-refractivity contribution in [3.8, 4) is 0 Å². The number of piperazine rings is 3. The van der Waals surface area contributed by atoms with Gasteiger partial charge in [-0.25, -0.2) is 4.98 Å². The summed E-state index contributed by atoms with van der Waals surface area (Å²) >= 11 is 1.82. The predicted octanol–water partition coefficient (Wildman–Crippen LogP) is 0.803. The van der Waals surface area contributed by atoms with Crippen LogP contribution in [0.3, 0.4) is 0 Å². The lowest BCUT2D eigenvalue weighted by Crippen LogP contribution is -2.62. The van der Waals surface area contributed by atoms with Crippen LogP contribution in [0, 0.1) is 0 Å². The second-order valence-electron chi connectivity index (χ2n) is 6.46. The first kappa shape index (κ1) is 17.6. The molecule has 3 aliphatic rings. The van der Waals surface area contributed by atoms with Crippen LogP contribution < -0.4 is 10.6 Å². The topological polar surface area (TPSA) is 55.8 Å². The number of guanidine groups is 1. The Morgan fingerprint density at radius 3 is 2.75 bits per heavy atom. The highest BCUT2D eigenvalue weighted by Gasteiger charge is 2.31. The average molecular weight is 351 g/mol. The van der Waals surface area contributed by atoms with Crippen LogP contribution in [0.2, 0.25) is 0 Å². The molecule has 4 rings (SSSR count). The third kappa shape index (κ3) is 4.68. The van der Waals surface area contributed by atoms with Gasteiger partial charge in [-0.1, -0.05) is 6.92 Å². The number of hydrogen-bond donors (Lipinski definition) is 2. The third-order valence-corrected chi connectivity index (χ3v) is 5.98. The minimum absolute atomic E-state index is 0.578. The number of hydrogen-bond acceptors (Lipinski definition) is 5. The van der Waals surface area contributed by atoms with Crippen LogP contribution in [0.1, 0.15) is 23.7 Å². The van der Waals surface area contributed by atoms with E-state index in [0.29, 0.717) is 6.04 Å². The molecule has 134 valence electrons. The number of aromatic nitrogens is 1. The summed E-state index contributed by atoms with van der Waals surface area (Å²) in [5.41, 5.74) is 0. The van der Waals surface area contributed by atoms with Gasteiger partial charge in [-0.3, -0.25) is 14.8 Å². The molecule has 4 heterocycles. The Kier molecular flexibility index (Phi) is 6.45. The lowest BCUT2D eigenvalue weighted by Gasteiger charge is -2.47. The average Bonchev–Trinajstić information content (AvgIpc) is 3.09. The standard InChI is InChI=1S/C17H30N6S/c1-3-15-12-20-16(24-15)5-6-19-17(18-4-2)21-11-14-13-22-7-9-23(14)10-8-22/h12,14H,3-11,13H2,1-2H3,(H2,18,19,21). The first-order chi connectivity index (χ1) is 11.8. The zero-order valence-corrected chi connectivity index (χ0v) is 15.7. The van der Waals surface area contributed by atoms with E-state index in [-0.39, 0.29) is 0 Å². The molecule has 0 amide bonds. The zero-order valence-electron chi connectivity index (χ0n) is 14.9. The summed E-state index contributed by atoms with van der Waals surface area (Å²) in [4.78, 5) is 15.8. The van der Waals surface area contributed by atoms with Gasteiger partial charge in [0, 0.05) is 69.3 Å². The van der Waals surface area contributed by atoms with Gasteiger partial charge in [0.1, 0.15) is 0 Å². The van der Waals surface area contributed by atoms with Crippen molar-refractivity contribution in [3.63, 3.8) is 0 Å². The molecule has 0 aliphatic carbocycles. The van der Waals surface area contributed by atoms with Crippen molar-refractivity contribution in [1.82, 2.24) is 25.4 Å². The lowest BCUT2D eigenvalue weighted by molar-refractivity contribution is 0.0174. The van der Waals surface area contributed by atoms with Crippen LogP contribution >= 0.6 is 11.3 Å². The number of aryl methyl sites for hydroxylation is 1. The fourth-order valence-electron chi connectivity index (χ4n) is 3.35. The molecule has 0 spiro atoms. The van der Waals surface area contributed by atoms with Crippen LogP contribution in [-0.4, -0.2) is 79.1 Å². The number of rotatable bonds is 7. The molecular weight excluding hydrogens is 320 g/mol. The molecule has 24 heavy (non-hydrogen) atoms. The molecule has 0 aromatic carbocycles. The Balaban J connectivity index is 1.46. The summed E-state index contributed by atoms with van der Waals surface area (Å²) in [5.74, 6) is 0.933. The number of thiazole rings is 1. The second kappa shape index (κ2) is 8.78. The van der Waals surface area contributed by atoms with E-state index in [0.717, 1.165) is 38.4 Å². The van der Waals surface area contributed by atoms with Crippen molar-refractivity contribution >= 4 is 17.3 Å². The Morgan fingerprint density at radius 2 is 2.12 bits per heavy atom. The molecule has 7 heteroatoms. The molecule has 1 atom stereocenters. The van der Waals surface area contributed by atoms with Crippen LogP contribution in [0.5, 0.6) is 0 Å². The van der Waals surface area contributed by atoms with Gasteiger partial charge in [0.15, 0.2) is 5.96 Å². The van der Waals surface area contributed by atoms with E-state index in [9.17, 15) is 0 Å². The Labute approximate surface area is 149 Å². The highest BCUT2D eigenvalue weighted by molar-refractivity contribution is 7.11. The van der Waals surface area contributed by atoms with Crippen molar-refractivity contribution in [2.45, 2.75) is 32.7 Å². The molecule has 0 saturated carbocycles. The monoisotopic (exact) mass is 350 g/mol. The van der Waals surface area contributed by atoms with Crippen LogP contribution in [0.4, 0.5) is 0 Å². The maximum Gasteiger partial charge on any atom is 0.191 e. The highest BCUT2D eigenvalue weighted by Crippen LogP contribution is 2.15. The van der Waals surface area contributed by atoms with Crippen LogP contribution in [0.25, 0.3) is 0 Å². The SMILES string of the molecule is CCNC(=NCC1CN2CCN1CC2)NCCc1ncc(CC)s1. The van der Waals surface area contributed by atoms with Crippen molar-refractivity contribution in [2.75, 3.05) is 52.4 Å². The molecule has 2 N–H and O–H groups in total. The minimum Gasteiger partial charge on any atom is -0.357 e. The van der Waals surface area contributed by atoms with Crippen LogP contribution in [0.15, 0.2) is 11.2 Å². The summed E-state index contributed by atoms with van der Waals surface area (Å²) in [5, 5.41) is 8.02. The van der Waals surface area contributed by atoms with E-state index in [1.54, 1.807) is 0 Å². The van der Waals surface area contributed by atoms with Crippen molar-refractivity contribution in [3.05, 3.63) is 16.1 Å². The smallest absolute Gasteiger partial charge is 0.191 e. The van der Waals surface area contributed by atoms with Gasteiger partial charge < -0.3 is 10.6 Å². The normalized spacial score (nSPS) is 26.6. The summed E-state index contributed by atoms with van der Waals surface area (Å²) in [6, 6.07) is 0.578. The fraction of sp³-hybridized carbons (Fsp3) is 0.765. The Morgan fingerprint density at radius 1 is 1.29 bits per heavy atom. The molecule has 3 fully saturated rings. The van der Waals surface area contributed by atoms with Gasteiger partial charge in [-0.2, -0.15) is 0 Å². The molecular formula is C17H30N6S. The third-order valence-electron chi connectivity index (χ3n) is 4.78. The number of nitrogens with zero attached hydrogens (tertiary/aromatic N) is 4. The van der Waals surface area contributed by atoms with Crippen LogP contribution in [-0.2, 0) is 12.8 Å². The molecule has 6 nitrogen and oxygen atoms in total. The predicted molar refractivity (Wildman–Crippen MR) is 101 cm³/mol. The number of aliphatic imine (C=N–C) groups is 1. The molecule has 1 unspecified atom stereocenters. The molecule has 2 bridgehead atoms. The quantitative estimate of drug-likeness (QED) is 0.563. The van der Waals surface area contributed by atoms with E-state index in [1.807, 2.05) is 17.5 Å². The second-order valence-corrected chi connectivity index (χ2v) is 7.66. The Bertz CT molecular complexity index is 535. The van der Waals surface area contributed by atoms with E-state index in [1.165, 1.54) is 42.6 Å².